The zero-order chi connectivity index (χ0) is 17.2. The van der Waals surface area contributed by atoms with Gasteiger partial charge in [0.05, 0.1) is 10.8 Å². The fourth-order valence-electron chi connectivity index (χ4n) is 3.21. The number of anilines is 1. The summed E-state index contributed by atoms with van der Waals surface area (Å²) in [6.07, 6.45) is 3.38. The molecule has 4 heteroatoms. The monoisotopic (exact) mass is 347 g/mol. The number of carbonyl (C=O) groups excluding carboxylic acids is 2. The van der Waals surface area contributed by atoms with Crippen LogP contribution >= 0.6 is 11.8 Å². The molecule has 0 atom stereocenters. The third kappa shape index (κ3) is 3.05. The standard InChI is InChI=1S/C21H17NO2S/c23-19-14-25-21(22(19)17-9-5-2-6-10-17)18-12-11-16(20(18)24)13-15-7-3-1-4-8-15/h1-10,13H,11-12,14H2/b16-13+,21-18-. The molecular formula is C21H17NO2S. The van der Waals surface area contributed by atoms with Crippen LogP contribution in [0.2, 0.25) is 0 Å². The Balaban J connectivity index is 1.70. The van der Waals surface area contributed by atoms with Gasteiger partial charge in [0.25, 0.3) is 0 Å². The zero-order valence-corrected chi connectivity index (χ0v) is 14.5. The summed E-state index contributed by atoms with van der Waals surface area (Å²) in [6.45, 7) is 0. The number of benzene rings is 2. The van der Waals surface area contributed by atoms with Crippen LogP contribution in [0.3, 0.4) is 0 Å². The van der Waals surface area contributed by atoms with Crippen molar-refractivity contribution in [1.82, 2.24) is 0 Å². The lowest BCUT2D eigenvalue weighted by Gasteiger charge is -2.18. The smallest absolute Gasteiger partial charge is 0.242 e. The van der Waals surface area contributed by atoms with Gasteiger partial charge in [-0.1, -0.05) is 60.3 Å². The van der Waals surface area contributed by atoms with Crippen molar-refractivity contribution in [3.05, 3.63) is 82.4 Å². The second-order valence-corrected chi connectivity index (χ2v) is 7.01. The molecule has 0 radical (unpaired) electrons. The normalized spacial score (nSPS) is 22.2. The highest BCUT2D eigenvalue weighted by Gasteiger charge is 2.35. The molecule has 1 saturated heterocycles. The second kappa shape index (κ2) is 6.73. The van der Waals surface area contributed by atoms with Gasteiger partial charge in [-0.15, -0.1) is 0 Å². The van der Waals surface area contributed by atoms with Crippen molar-refractivity contribution in [3.63, 3.8) is 0 Å². The van der Waals surface area contributed by atoms with E-state index >= 15 is 0 Å². The number of amides is 1. The molecule has 1 aliphatic carbocycles. The molecule has 25 heavy (non-hydrogen) atoms. The summed E-state index contributed by atoms with van der Waals surface area (Å²) in [5.41, 5.74) is 3.45. The molecule has 2 aromatic carbocycles. The number of para-hydroxylation sites is 1. The van der Waals surface area contributed by atoms with Crippen LogP contribution in [-0.2, 0) is 9.59 Å². The van der Waals surface area contributed by atoms with E-state index in [1.54, 1.807) is 4.90 Å². The average molecular weight is 347 g/mol. The first kappa shape index (κ1) is 15.9. The van der Waals surface area contributed by atoms with Gasteiger partial charge in [-0.05, 0) is 36.6 Å². The summed E-state index contributed by atoms with van der Waals surface area (Å²) in [5, 5.41) is 0.803. The van der Waals surface area contributed by atoms with Crippen LogP contribution in [0, 0.1) is 0 Å². The Bertz CT molecular complexity index is 885. The number of rotatable bonds is 2. The SMILES string of the molecule is O=C1/C(=C2\SCC(=O)N2c2ccccc2)CC/C1=C\c1ccccc1. The van der Waals surface area contributed by atoms with Crippen molar-refractivity contribution in [2.75, 3.05) is 10.7 Å². The number of thioether (sulfide) groups is 1. The second-order valence-electron chi connectivity index (χ2n) is 6.05. The Morgan fingerprint density at radius 2 is 1.56 bits per heavy atom. The number of nitrogens with zero attached hydrogens (tertiary/aromatic N) is 1. The molecule has 0 spiro atoms. The van der Waals surface area contributed by atoms with Crippen LogP contribution < -0.4 is 4.90 Å². The average Bonchev–Trinajstić information content (AvgIpc) is 3.20. The highest BCUT2D eigenvalue weighted by atomic mass is 32.2. The van der Waals surface area contributed by atoms with Crippen LogP contribution in [0.4, 0.5) is 5.69 Å². The van der Waals surface area contributed by atoms with E-state index in [2.05, 4.69) is 0 Å². The van der Waals surface area contributed by atoms with Crippen LogP contribution in [0.25, 0.3) is 6.08 Å². The maximum absolute atomic E-state index is 12.9. The van der Waals surface area contributed by atoms with Crippen LogP contribution in [-0.4, -0.2) is 17.4 Å². The molecule has 0 aromatic heterocycles. The minimum atomic E-state index is 0.0342. The Morgan fingerprint density at radius 1 is 0.880 bits per heavy atom. The van der Waals surface area contributed by atoms with Gasteiger partial charge in [-0.3, -0.25) is 14.5 Å². The molecule has 2 aliphatic rings. The van der Waals surface area contributed by atoms with Crippen molar-refractivity contribution in [3.8, 4) is 0 Å². The quantitative estimate of drug-likeness (QED) is 0.755. The Hall–Kier alpha value is -2.59. The van der Waals surface area contributed by atoms with Gasteiger partial charge in [-0.2, -0.15) is 0 Å². The van der Waals surface area contributed by atoms with E-state index in [9.17, 15) is 9.59 Å². The van der Waals surface area contributed by atoms with E-state index < -0.39 is 0 Å². The maximum atomic E-state index is 12.9. The van der Waals surface area contributed by atoms with Crippen molar-refractivity contribution in [2.24, 2.45) is 0 Å². The van der Waals surface area contributed by atoms with Gasteiger partial charge in [0.2, 0.25) is 5.91 Å². The first-order valence-electron chi connectivity index (χ1n) is 8.28. The van der Waals surface area contributed by atoms with E-state index in [1.807, 2.05) is 66.7 Å². The van der Waals surface area contributed by atoms with Crippen LogP contribution in [0.1, 0.15) is 18.4 Å². The van der Waals surface area contributed by atoms with E-state index in [-0.39, 0.29) is 11.7 Å². The lowest BCUT2D eigenvalue weighted by atomic mass is 10.1. The van der Waals surface area contributed by atoms with Crippen molar-refractivity contribution >= 4 is 35.2 Å². The largest absolute Gasteiger partial charge is 0.289 e. The molecular weight excluding hydrogens is 330 g/mol. The minimum absolute atomic E-state index is 0.0342. The third-order valence-corrected chi connectivity index (χ3v) is 5.50. The number of allylic oxidation sites excluding steroid dienone is 2. The van der Waals surface area contributed by atoms with Crippen molar-refractivity contribution in [2.45, 2.75) is 12.8 Å². The first-order chi connectivity index (χ1) is 12.2. The van der Waals surface area contributed by atoms with Gasteiger partial charge < -0.3 is 0 Å². The molecule has 2 fully saturated rings. The maximum Gasteiger partial charge on any atom is 0.242 e. The van der Waals surface area contributed by atoms with Gasteiger partial charge in [0, 0.05) is 16.8 Å². The Labute approximate surface area is 151 Å². The lowest BCUT2D eigenvalue weighted by Crippen LogP contribution is -2.25. The number of ketones is 1. The Kier molecular flexibility index (Phi) is 4.28. The first-order valence-corrected chi connectivity index (χ1v) is 9.27. The molecule has 124 valence electrons. The highest BCUT2D eigenvalue weighted by molar-refractivity contribution is 8.04. The number of Topliss-reactive ketones (excluding diaryl/α,β-unsaturated/α-hetero) is 1. The predicted octanol–water partition coefficient (Wildman–Crippen LogP) is 4.42. The van der Waals surface area contributed by atoms with E-state index in [4.69, 9.17) is 0 Å². The van der Waals surface area contributed by atoms with Gasteiger partial charge >= 0.3 is 0 Å². The van der Waals surface area contributed by atoms with E-state index in [0.29, 0.717) is 12.2 Å². The van der Waals surface area contributed by atoms with E-state index in [1.165, 1.54) is 11.8 Å². The number of hydrogen-bond acceptors (Lipinski definition) is 3. The molecule has 0 bridgehead atoms. The molecule has 1 aliphatic heterocycles. The lowest BCUT2D eigenvalue weighted by molar-refractivity contribution is -0.115. The summed E-state index contributed by atoms with van der Waals surface area (Å²) >= 11 is 1.47. The highest BCUT2D eigenvalue weighted by Crippen LogP contribution is 2.41. The zero-order valence-electron chi connectivity index (χ0n) is 13.6. The number of hydrogen-bond donors (Lipinski definition) is 0. The molecule has 3 nitrogen and oxygen atoms in total. The summed E-state index contributed by atoms with van der Waals surface area (Å²) in [6, 6.07) is 19.4. The van der Waals surface area contributed by atoms with Crippen molar-refractivity contribution in [1.29, 1.82) is 0 Å². The van der Waals surface area contributed by atoms with Gasteiger partial charge in [0.15, 0.2) is 5.78 Å². The molecule has 1 saturated carbocycles. The van der Waals surface area contributed by atoms with Gasteiger partial charge in [0.1, 0.15) is 0 Å². The van der Waals surface area contributed by atoms with Gasteiger partial charge in [-0.25, -0.2) is 0 Å². The fraction of sp³-hybridized carbons (Fsp3) is 0.143. The molecule has 0 N–H and O–H groups in total. The minimum Gasteiger partial charge on any atom is -0.289 e. The summed E-state index contributed by atoms with van der Waals surface area (Å²) in [7, 11) is 0. The summed E-state index contributed by atoms with van der Waals surface area (Å²) in [5.74, 6) is 0.493. The topological polar surface area (TPSA) is 37.4 Å². The number of carbonyl (C=O) groups is 2. The summed E-state index contributed by atoms with van der Waals surface area (Å²) in [4.78, 5) is 27.0. The van der Waals surface area contributed by atoms with Crippen molar-refractivity contribution < 1.29 is 9.59 Å². The van der Waals surface area contributed by atoms with Crippen LogP contribution in [0.15, 0.2) is 76.8 Å². The summed E-state index contributed by atoms with van der Waals surface area (Å²) < 4.78 is 0. The Morgan fingerprint density at radius 3 is 2.28 bits per heavy atom. The molecule has 1 amide bonds. The predicted molar refractivity (Wildman–Crippen MR) is 102 cm³/mol. The molecule has 2 aromatic rings. The molecule has 0 unspecified atom stereocenters. The third-order valence-electron chi connectivity index (χ3n) is 4.41. The van der Waals surface area contributed by atoms with E-state index in [0.717, 1.165) is 33.8 Å². The van der Waals surface area contributed by atoms with Crippen LogP contribution in [0.5, 0.6) is 0 Å². The molecule has 4 rings (SSSR count). The fourth-order valence-corrected chi connectivity index (χ4v) is 4.30. The molecule has 1 heterocycles.